The molecule has 2 aromatic rings. The van der Waals surface area contributed by atoms with Crippen molar-refractivity contribution in [3.8, 4) is 0 Å². The third-order valence-electron chi connectivity index (χ3n) is 5.38. The van der Waals surface area contributed by atoms with E-state index in [2.05, 4.69) is 35.6 Å². The number of rotatable bonds is 4. The van der Waals surface area contributed by atoms with Crippen molar-refractivity contribution < 1.29 is 4.79 Å². The van der Waals surface area contributed by atoms with Crippen LogP contribution in [0.2, 0.25) is 0 Å². The van der Waals surface area contributed by atoms with E-state index in [9.17, 15) is 4.79 Å². The van der Waals surface area contributed by atoms with Crippen LogP contribution in [0.15, 0.2) is 42.5 Å². The zero-order valence-corrected chi connectivity index (χ0v) is 15.1. The van der Waals surface area contributed by atoms with Gasteiger partial charge in [0.25, 0.3) is 0 Å². The number of alkyl halides is 2. The van der Waals surface area contributed by atoms with E-state index in [0.29, 0.717) is 6.42 Å². The van der Waals surface area contributed by atoms with Gasteiger partial charge in [0.15, 0.2) is 0 Å². The maximum atomic E-state index is 12.8. The van der Waals surface area contributed by atoms with Gasteiger partial charge in [0.1, 0.15) is 4.33 Å². The molecule has 0 bridgehead atoms. The van der Waals surface area contributed by atoms with Gasteiger partial charge in [-0.3, -0.25) is 4.79 Å². The van der Waals surface area contributed by atoms with Crippen molar-refractivity contribution in [2.24, 2.45) is 11.3 Å². The van der Waals surface area contributed by atoms with Gasteiger partial charge in [-0.1, -0.05) is 50.2 Å². The Bertz CT molecular complexity index is 758. The van der Waals surface area contributed by atoms with Gasteiger partial charge in [-0.25, -0.2) is 0 Å². The average molecular weight is 350 g/mol. The number of hydrogen-bond donors (Lipinski definition) is 1. The Kier molecular flexibility index (Phi) is 4.10. The number of benzene rings is 2. The van der Waals surface area contributed by atoms with E-state index < -0.39 is 9.75 Å². The standard InChI is InChI=1S/C19H21Cl2NO/c1-4-18(13(3)19(18,20)21)17(23)22-12(2)15-10-9-14-7-5-6-8-16(14)11-15/h5-13H,4H2,1-3H3,(H,22,23)/t12-,13?,18?/m1/s1. The zero-order valence-electron chi connectivity index (χ0n) is 13.6. The zero-order chi connectivity index (χ0) is 16.8. The number of hydrogen-bond acceptors (Lipinski definition) is 1. The molecular formula is C19H21Cl2NO. The first kappa shape index (κ1) is 16.6. The minimum absolute atomic E-state index is 0.0351. The van der Waals surface area contributed by atoms with Crippen molar-refractivity contribution in [2.45, 2.75) is 37.6 Å². The second-order valence-electron chi connectivity index (χ2n) is 6.47. The summed E-state index contributed by atoms with van der Waals surface area (Å²) in [5.74, 6) is -0.0923. The van der Waals surface area contributed by atoms with E-state index in [1.807, 2.05) is 32.9 Å². The Hall–Kier alpha value is -1.25. The number of carbonyl (C=O) groups excluding carboxylic acids is 1. The number of halogens is 2. The molecule has 0 spiro atoms. The molecule has 1 saturated carbocycles. The Morgan fingerprint density at radius 1 is 1.22 bits per heavy atom. The largest absolute Gasteiger partial charge is 0.349 e. The molecule has 0 radical (unpaired) electrons. The van der Waals surface area contributed by atoms with Crippen LogP contribution in [-0.2, 0) is 4.79 Å². The van der Waals surface area contributed by atoms with Gasteiger partial charge in [-0.2, -0.15) is 0 Å². The third-order valence-corrected chi connectivity index (χ3v) is 6.71. The predicted octanol–water partition coefficient (Wildman–Crippen LogP) is 5.24. The predicted molar refractivity (Wildman–Crippen MR) is 96.8 cm³/mol. The topological polar surface area (TPSA) is 29.1 Å². The van der Waals surface area contributed by atoms with Gasteiger partial charge in [-0.05, 0) is 35.7 Å². The monoisotopic (exact) mass is 349 g/mol. The lowest BCUT2D eigenvalue weighted by atomic mass is 9.97. The molecule has 1 N–H and O–H groups in total. The molecule has 0 aromatic heterocycles. The smallest absolute Gasteiger partial charge is 0.230 e. The molecule has 2 unspecified atom stereocenters. The van der Waals surface area contributed by atoms with Gasteiger partial charge in [0.05, 0.1) is 11.5 Å². The summed E-state index contributed by atoms with van der Waals surface area (Å²) in [6.45, 7) is 5.88. The van der Waals surface area contributed by atoms with E-state index in [-0.39, 0.29) is 17.9 Å². The Morgan fingerprint density at radius 3 is 2.39 bits per heavy atom. The second kappa shape index (κ2) is 5.68. The summed E-state index contributed by atoms with van der Waals surface area (Å²) in [6.07, 6.45) is 0.636. The first-order chi connectivity index (χ1) is 10.8. The normalized spacial score (nSPS) is 26.7. The Labute approximate surface area is 147 Å². The summed E-state index contributed by atoms with van der Waals surface area (Å²) < 4.78 is -0.963. The molecule has 1 aliphatic carbocycles. The van der Waals surface area contributed by atoms with Crippen molar-refractivity contribution in [2.75, 3.05) is 0 Å². The molecule has 1 fully saturated rings. The molecule has 1 aliphatic rings. The fourth-order valence-electron chi connectivity index (χ4n) is 3.58. The number of carbonyl (C=O) groups is 1. The van der Waals surface area contributed by atoms with Crippen LogP contribution in [0, 0.1) is 11.3 Å². The van der Waals surface area contributed by atoms with Crippen LogP contribution >= 0.6 is 23.2 Å². The highest BCUT2D eigenvalue weighted by molar-refractivity contribution is 6.53. The summed E-state index contributed by atoms with van der Waals surface area (Å²) in [5, 5.41) is 5.45. The molecule has 2 aromatic carbocycles. The highest BCUT2D eigenvalue weighted by atomic mass is 35.5. The minimum atomic E-state index is -0.963. The summed E-state index contributed by atoms with van der Waals surface area (Å²) in [5.41, 5.74) is 0.396. The third kappa shape index (κ3) is 2.43. The molecule has 3 rings (SSSR count). The molecule has 1 amide bonds. The quantitative estimate of drug-likeness (QED) is 0.751. The molecule has 0 aliphatic heterocycles. The van der Waals surface area contributed by atoms with E-state index in [4.69, 9.17) is 23.2 Å². The first-order valence-electron chi connectivity index (χ1n) is 8.02. The van der Waals surface area contributed by atoms with Crippen LogP contribution in [-0.4, -0.2) is 10.2 Å². The summed E-state index contributed by atoms with van der Waals surface area (Å²) in [6, 6.07) is 14.3. The SMILES string of the molecule is CCC1(C(=O)N[C@H](C)c2ccc3ccccc3c2)C(C)C1(Cl)Cl. The second-order valence-corrected chi connectivity index (χ2v) is 7.86. The van der Waals surface area contributed by atoms with Crippen LogP contribution in [0.5, 0.6) is 0 Å². The van der Waals surface area contributed by atoms with E-state index in [1.165, 1.54) is 10.8 Å². The lowest BCUT2D eigenvalue weighted by Crippen LogP contribution is -2.36. The van der Waals surface area contributed by atoms with Crippen LogP contribution in [0.4, 0.5) is 0 Å². The maximum Gasteiger partial charge on any atom is 0.230 e. The fraction of sp³-hybridized carbons (Fsp3) is 0.421. The van der Waals surface area contributed by atoms with Crippen molar-refractivity contribution in [1.82, 2.24) is 5.32 Å². The Balaban J connectivity index is 1.81. The lowest BCUT2D eigenvalue weighted by molar-refractivity contribution is -0.127. The van der Waals surface area contributed by atoms with Gasteiger partial charge < -0.3 is 5.32 Å². The van der Waals surface area contributed by atoms with Gasteiger partial charge in [-0.15, -0.1) is 23.2 Å². The number of fused-ring (bicyclic) bond motifs is 1. The summed E-state index contributed by atoms with van der Waals surface area (Å²) in [7, 11) is 0. The lowest BCUT2D eigenvalue weighted by Gasteiger charge is -2.21. The summed E-state index contributed by atoms with van der Waals surface area (Å²) >= 11 is 12.6. The molecule has 4 heteroatoms. The average Bonchev–Trinajstić information content (AvgIpc) is 2.99. The molecule has 122 valence electrons. The highest BCUT2D eigenvalue weighted by Gasteiger charge is 2.76. The van der Waals surface area contributed by atoms with Gasteiger partial charge in [0, 0.05) is 5.92 Å². The van der Waals surface area contributed by atoms with Crippen molar-refractivity contribution in [3.05, 3.63) is 48.0 Å². The Morgan fingerprint density at radius 2 is 1.83 bits per heavy atom. The van der Waals surface area contributed by atoms with Gasteiger partial charge >= 0.3 is 0 Å². The van der Waals surface area contributed by atoms with Crippen LogP contribution in [0.25, 0.3) is 10.8 Å². The van der Waals surface area contributed by atoms with Crippen LogP contribution in [0.1, 0.15) is 38.8 Å². The number of amides is 1. The summed E-state index contributed by atoms with van der Waals surface area (Å²) in [4.78, 5) is 12.8. The molecular weight excluding hydrogens is 329 g/mol. The van der Waals surface area contributed by atoms with Gasteiger partial charge in [0.2, 0.25) is 5.91 Å². The number of nitrogens with one attached hydrogen (secondary N) is 1. The van der Waals surface area contributed by atoms with E-state index in [0.717, 1.165) is 5.56 Å². The van der Waals surface area contributed by atoms with E-state index in [1.54, 1.807) is 0 Å². The maximum absolute atomic E-state index is 12.8. The molecule has 3 atom stereocenters. The molecule has 0 saturated heterocycles. The highest BCUT2D eigenvalue weighted by Crippen LogP contribution is 2.70. The van der Waals surface area contributed by atoms with E-state index >= 15 is 0 Å². The van der Waals surface area contributed by atoms with Crippen LogP contribution < -0.4 is 5.32 Å². The minimum Gasteiger partial charge on any atom is -0.349 e. The molecule has 2 nitrogen and oxygen atoms in total. The van der Waals surface area contributed by atoms with Crippen molar-refractivity contribution >= 4 is 39.9 Å². The fourth-order valence-corrected chi connectivity index (χ4v) is 4.61. The van der Waals surface area contributed by atoms with Crippen LogP contribution in [0.3, 0.4) is 0 Å². The molecule has 23 heavy (non-hydrogen) atoms. The van der Waals surface area contributed by atoms with Crippen molar-refractivity contribution in [3.63, 3.8) is 0 Å². The molecule has 0 heterocycles. The van der Waals surface area contributed by atoms with Crippen molar-refractivity contribution in [1.29, 1.82) is 0 Å². The first-order valence-corrected chi connectivity index (χ1v) is 8.77.